The van der Waals surface area contributed by atoms with Crippen LogP contribution in [0.25, 0.3) is 0 Å². The zero-order valence-corrected chi connectivity index (χ0v) is 9.58. The summed E-state index contributed by atoms with van der Waals surface area (Å²) in [5, 5.41) is 0. The van der Waals surface area contributed by atoms with Crippen LogP contribution in [0.4, 0.5) is 0 Å². The molecule has 0 bridgehead atoms. The van der Waals surface area contributed by atoms with Gasteiger partial charge in [0.15, 0.2) is 0 Å². The molecule has 15 heavy (non-hydrogen) atoms. The molecule has 0 saturated heterocycles. The molecule has 0 aromatic carbocycles. The summed E-state index contributed by atoms with van der Waals surface area (Å²) in [6, 6.07) is 2.08. The van der Waals surface area contributed by atoms with Crippen molar-refractivity contribution < 1.29 is 0 Å². The summed E-state index contributed by atoms with van der Waals surface area (Å²) in [5.41, 5.74) is 8.15. The minimum Gasteiger partial charge on any atom is -0.329 e. The van der Waals surface area contributed by atoms with Crippen molar-refractivity contribution >= 4 is 0 Å². The molecule has 3 heteroatoms. The highest BCUT2D eigenvalue weighted by atomic mass is 14.9. The van der Waals surface area contributed by atoms with E-state index in [2.05, 4.69) is 23.0 Å². The Labute approximate surface area is 91.1 Å². The van der Waals surface area contributed by atoms with Gasteiger partial charge in [-0.1, -0.05) is 13.3 Å². The Hall–Kier alpha value is -0.960. The molecule has 1 aromatic heterocycles. The minimum atomic E-state index is 0.120. The van der Waals surface area contributed by atoms with E-state index in [9.17, 15) is 0 Å². The molecule has 1 aromatic rings. The Morgan fingerprint density at radius 1 is 1.40 bits per heavy atom. The fourth-order valence-electron chi connectivity index (χ4n) is 1.93. The molecule has 0 radical (unpaired) electrons. The second-order valence-corrected chi connectivity index (χ2v) is 4.56. The van der Waals surface area contributed by atoms with Crippen LogP contribution in [0.2, 0.25) is 0 Å². The third kappa shape index (κ3) is 2.02. The molecule has 82 valence electrons. The monoisotopic (exact) mass is 205 g/mol. The molecule has 2 N–H and O–H groups in total. The van der Waals surface area contributed by atoms with Crippen LogP contribution in [0.15, 0.2) is 6.07 Å². The van der Waals surface area contributed by atoms with E-state index in [0.717, 1.165) is 37.2 Å². The van der Waals surface area contributed by atoms with E-state index in [1.165, 1.54) is 5.69 Å². The molecule has 1 aliphatic rings. The molecule has 1 fully saturated rings. The smallest absolute Gasteiger partial charge is 0.136 e. The standard InChI is InChI=1S/C12H19N3/c1-3-4-10-7-9(2)14-11(15-10)12(8-13)5-6-12/h7H,3-6,8,13H2,1-2H3. The highest BCUT2D eigenvalue weighted by molar-refractivity contribution is 5.22. The van der Waals surface area contributed by atoms with Crippen molar-refractivity contribution in [3.05, 3.63) is 23.3 Å². The first-order valence-electron chi connectivity index (χ1n) is 5.75. The molecule has 0 amide bonds. The Bertz CT molecular complexity index is 356. The van der Waals surface area contributed by atoms with Crippen molar-refractivity contribution in [3.63, 3.8) is 0 Å². The molecular formula is C12H19N3. The van der Waals surface area contributed by atoms with Gasteiger partial charge in [-0.3, -0.25) is 0 Å². The van der Waals surface area contributed by atoms with E-state index < -0.39 is 0 Å². The van der Waals surface area contributed by atoms with Crippen LogP contribution < -0.4 is 5.73 Å². The highest BCUT2D eigenvalue weighted by Gasteiger charge is 2.45. The lowest BCUT2D eigenvalue weighted by molar-refractivity contribution is 0.636. The Morgan fingerprint density at radius 3 is 2.67 bits per heavy atom. The third-order valence-corrected chi connectivity index (χ3v) is 3.13. The van der Waals surface area contributed by atoms with Gasteiger partial charge in [-0.25, -0.2) is 9.97 Å². The summed E-state index contributed by atoms with van der Waals surface area (Å²) < 4.78 is 0. The van der Waals surface area contributed by atoms with Gasteiger partial charge in [-0.2, -0.15) is 0 Å². The largest absolute Gasteiger partial charge is 0.329 e. The van der Waals surface area contributed by atoms with E-state index in [4.69, 9.17) is 5.73 Å². The number of aromatic nitrogens is 2. The van der Waals surface area contributed by atoms with E-state index in [1.54, 1.807) is 0 Å². The quantitative estimate of drug-likeness (QED) is 0.814. The summed E-state index contributed by atoms with van der Waals surface area (Å²) >= 11 is 0. The number of hydrogen-bond acceptors (Lipinski definition) is 3. The maximum absolute atomic E-state index is 5.79. The van der Waals surface area contributed by atoms with Crippen LogP contribution in [0, 0.1) is 6.92 Å². The maximum atomic E-state index is 5.79. The second kappa shape index (κ2) is 3.89. The second-order valence-electron chi connectivity index (χ2n) is 4.56. The molecule has 0 spiro atoms. The number of nitrogens with zero attached hydrogens (tertiary/aromatic N) is 2. The molecule has 1 saturated carbocycles. The third-order valence-electron chi connectivity index (χ3n) is 3.13. The summed E-state index contributed by atoms with van der Waals surface area (Å²) in [4.78, 5) is 9.17. The van der Waals surface area contributed by atoms with Gasteiger partial charge in [0.05, 0.1) is 0 Å². The molecule has 0 unspecified atom stereocenters. The lowest BCUT2D eigenvalue weighted by atomic mass is 10.1. The van der Waals surface area contributed by atoms with Crippen LogP contribution in [0.3, 0.4) is 0 Å². The number of rotatable bonds is 4. The van der Waals surface area contributed by atoms with Crippen molar-refractivity contribution in [1.82, 2.24) is 9.97 Å². The first-order valence-corrected chi connectivity index (χ1v) is 5.75. The Kier molecular flexibility index (Phi) is 2.74. The average molecular weight is 205 g/mol. The van der Waals surface area contributed by atoms with Crippen molar-refractivity contribution in [2.24, 2.45) is 5.73 Å². The van der Waals surface area contributed by atoms with Crippen LogP contribution >= 0.6 is 0 Å². The lowest BCUT2D eigenvalue weighted by Gasteiger charge is -2.12. The van der Waals surface area contributed by atoms with E-state index in [-0.39, 0.29) is 5.41 Å². The normalized spacial score (nSPS) is 17.8. The summed E-state index contributed by atoms with van der Waals surface area (Å²) in [6.45, 7) is 4.89. The van der Waals surface area contributed by atoms with Gasteiger partial charge < -0.3 is 5.73 Å². The predicted molar refractivity (Wildman–Crippen MR) is 60.7 cm³/mol. The lowest BCUT2D eigenvalue weighted by Crippen LogP contribution is -2.23. The van der Waals surface area contributed by atoms with Crippen LogP contribution in [0.1, 0.15) is 43.4 Å². The summed E-state index contributed by atoms with van der Waals surface area (Å²) in [7, 11) is 0. The molecule has 3 nitrogen and oxygen atoms in total. The highest BCUT2D eigenvalue weighted by Crippen LogP contribution is 2.45. The molecule has 0 aliphatic heterocycles. The zero-order valence-electron chi connectivity index (χ0n) is 9.58. The van der Waals surface area contributed by atoms with Crippen molar-refractivity contribution in [2.45, 2.75) is 44.9 Å². The minimum absolute atomic E-state index is 0.120. The van der Waals surface area contributed by atoms with Gasteiger partial charge in [-0.15, -0.1) is 0 Å². The number of hydrogen-bond donors (Lipinski definition) is 1. The average Bonchev–Trinajstić information content (AvgIpc) is 2.98. The number of nitrogens with two attached hydrogens (primary N) is 1. The topological polar surface area (TPSA) is 51.8 Å². The summed E-state index contributed by atoms with van der Waals surface area (Å²) in [5.74, 6) is 0.980. The Morgan fingerprint density at radius 2 is 2.13 bits per heavy atom. The van der Waals surface area contributed by atoms with Gasteiger partial charge in [0.2, 0.25) is 0 Å². The van der Waals surface area contributed by atoms with Crippen LogP contribution in [-0.4, -0.2) is 16.5 Å². The first-order chi connectivity index (χ1) is 7.20. The maximum Gasteiger partial charge on any atom is 0.136 e. The molecule has 2 rings (SSSR count). The summed E-state index contributed by atoms with van der Waals surface area (Å²) in [6.07, 6.45) is 4.47. The Balaban J connectivity index is 2.31. The van der Waals surface area contributed by atoms with Crippen LogP contribution in [-0.2, 0) is 11.8 Å². The van der Waals surface area contributed by atoms with Crippen LogP contribution in [0.5, 0.6) is 0 Å². The zero-order chi connectivity index (χ0) is 10.9. The van der Waals surface area contributed by atoms with E-state index in [0.29, 0.717) is 6.54 Å². The van der Waals surface area contributed by atoms with Gasteiger partial charge in [0.25, 0.3) is 0 Å². The van der Waals surface area contributed by atoms with Gasteiger partial charge in [0.1, 0.15) is 5.82 Å². The SMILES string of the molecule is CCCc1cc(C)nc(C2(CN)CC2)n1. The van der Waals surface area contributed by atoms with Crippen molar-refractivity contribution in [1.29, 1.82) is 0 Å². The van der Waals surface area contributed by atoms with Gasteiger partial charge in [0, 0.05) is 23.3 Å². The number of aryl methyl sites for hydroxylation is 2. The van der Waals surface area contributed by atoms with Gasteiger partial charge >= 0.3 is 0 Å². The van der Waals surface area contributed by atoms with Gasteiger partial charge in [-0.05, 0) is 32.3 Å². The fraction of sp³-hybridized carbons (Fsp3) is 0.667. The van der Waals surface area contributed by atoms with E-state index in [1.807, 2.05) is 6.92 Å². The predicted octanol–water partition coefficient (Wildman–Crippen LogP) is 1.73. The molecular weight excluding hydrogens is 186 g/mol. The molecule has 0 atom stereocenters. The fourth-order valence-corrected chi connectivity index (χ4v) is 1.93. The molecule has 1 aliphatic carbocycles. The van der Waals surface area contributed by atoms with E-state index >= 15 is 0 Å². The first kappa shape index (κ1) is 10.6. The van der Waals surface area contributed by atoms with Crippen molar-refractivity contribution in [2.75, 3.05) is 6.54 Å². The van der Waals surface area contributed by atoms with Crippen molar-refractivity contribution in [3.8, 4) is 0 Å². The molecule has 1 heterocycles.